The zero-order valence-electron chi connectivity index (χ0n) is 10.7. The minimum Gasteiger partial charge on any atom is -0.465 e. The summed E-state index contributed by atoms with van der Waals surface area (Å²) in [5.41, 5.74) is 7.17. The second-order valence-electron chi connectivity index (χ2n) is 4.24. The van der Waals surface area contributed by atoms with Crippen LogP contribution in [0.3, 0.4) is 0 Å². The molecule has 2 N–H and O–H groups in total. The molecule has 0 atom stereocenters. The van der Waals surface area contributed by atoms with Crippen molar-refractivity contribution < 1.29 is 19.1 Å². The summed E-state index contributed by atoms with van der Waals surface area (Å²) in [6.07, 6.45) is 0. The van der Waals surface area contributed by atoms with Crippen LogP contribution in [0.2, 0.25) is 0 Å². The lowest BCUT2D eigenvalue weighted by Gasteiger charge is -2.27. The minimum absolute atomic E-state index is 0.0792. The highest BCUT2D eigenvalue weighted by atomic mass is 16.5. The first-order valence-corrected chi connectivity index (χ1v) is 5.94. The standard InChI is InChI=1S/C13H16N2O4/c1-18-13(17)12-9(3-2-4-10(12)14)7-15-5-6-19-8-11(15)16/h2-4H,5-8,14H2,1H3. The number of hydrogen-bond donors (Lipinski definition) is 1. The van der Waals surface area contributed by atoms with Gasteiger partial charge in [0, 0.05) is 18.8 Å². The van der Waals surface area contributed by atoms with Gasteiger partial charge in [0.05, 0.1) is 19.3 Å². The smallest absolute Gasteiger partial charge is 0.340 e. The Bertz CT molecular complexity index is 501. The predicted octanol–water partition coefficient (Wildman–Crippen LogP) is 0.414. The summed E-state index contributed by atoms with van der Waals surface area (Å²) >= 11 is 0. The number of rotatable bonds is 3. The van der Waals surface area contributed by atoms with Crippen LogP contribution in [-0.4, -0.2) is 43.6 Å². The number of hydrogen-bond acceptors (Lipinski definition) is 5. The van der Waals surface area contributed by atoms with E-state index in [1.807, 2.05) is 0 Å². The maximum atomic E-state index is 11.7. The van der Waals surface area contributed by atoms with E-state index in [9.17, 15) is 9.59 Å². The first kappa shape index (κ1) is 13.4. The highest BCUT2D eigenvalue weighted by Gasteiger charge is 2.22. The third-order valence-electron chi connectivity index (χ3n) is 3.02. The summed E-state index contributed by atoms with van der Waals surface area (Å²) in [6.45, 7) is 1.42. The molecule has 0 radical (unpaired) electrons. The fourth-order valence-electron chi connectivity index (χ4n) is 2.03. The van der Waals surface area contributed by atoms with Crippen molar-refractivity contribution in [3.05, 3.63) is 29.3 Å². The van der Waals surface area contributed by atoms with Crippen molar-refractivity contribution in [2.24, 2.45) is 0 Å². The molecule has 0 aliphatic carbocycles. The Hall–Kier alpha value is -2.08. The lowest BCUT2D eigenvalue weighted by molar-refractivity contribution is -0.143. The van der Waals surface area contributed by atoms with Gasteiger partial charge in [-0.2, -0.15) is 0 Å². The van der Waals surface area contributed by atoms with Crippen molar-refractivity contribution >= 4 is 17.6 Å². The molecule has 2 rings (SSSR count). The maximum Gasteiger partial charge on any atom is 0.340 e. The van der Waals surface area contributed by atoms with Gasteiger partial charge in [-0.1, -0.05) is 12.1 Å². The monoisotopic (exact) mass is 264 g/mol. The SMILES string of the molecule is COC(=O)c1c(N)cccc1CN1CCOCC1=O. The first-order valence-electron chi connectivity index (χ1n) is 5.94. The summed E-state index contributed by atoms with van der Waals surface area (Å²) in [5, 5.41) is 0. The molecule has 102 valence electrons. The lowest BCUT2D eigenvalue weighted by Crippen LogP contribution is -2.41. The van der Waals surface area contributed by atoms with E-state index in [4.69, 9.17) is 15.2 Å². The minimum atomic E-state index is -0.492. The molecule has 0 saturated carbocycles. The van der Waals surface area contributed by atoms with E-state index in [2.05, 4.69) is 0 Å². The van der Waals surface area contributed by atoms with Crippen LogP contribution in [0.25, 0.3) is 0 Å². The molecule has 1 aromatic rings. The van der Waals surface area contributed by atoms with E-state index in [0.29, 0.717) is 36.5 Å². The van der Waals surface area contributed by atoms with E-state index in [0.717, 1.165) is 0 Å². The largest absolute Gasteiger partial charge is 0.465 e. The number of anilines is 1. The quantitative estimate of drug-likeness (QED) is 0.632. The maximum absolute atomic E-state index is 11.7. The Labute approximate surface area is 111 Å². The van der Waals surface area contributed by atoms with E-state index >= 15 is 0 Å². The number of carbonyl (C=O) groups excluding carboxylic acids is 2. The normalized spacial score (nSPS) is 15.4. The number of methoxy groups -OCH3 is 1. The Balaban J connectivity index is 2.26. The number of morpholine rings is 1. The van der Waals surface area contributed by atoms with Gasteiger partial charge >= 0.3 is 5.97 Å². The highest BCUT2D eigenvalue weighted by molar-refractivity contribution is 5.96. The van der Waals surface area contributed by atoms with Gasteiger partial charge in [-0.25, -0.2) is 4.79 Å². The topological polar surface area (TPSA) is 81.9 Å². The van der Waals surface area contributed by atoms with Gasteiger partial charge in [-0.15, -0.1) is 0 Å². The molecular weight excluding hydrogens is 248 g/mol. The average molecular weight is 264 g/mol. The van der Waals surface area contributed by atoms with Crippen LogP contribution in [0.1, 0.15) is 15.9 Å². The molecule has 0 aromatic heterocycles. The van der Waals surface area contributed by atoms with Crippen molar-refractivity contribution in [2.75, 3.05) is 32.6 Å². The molecule has 0 bridgehead atoms. The lowest BCUT2D eigenvalue weighted by atomic mass is 10.0. The Morgan fingerprint density at radius 2 is 2.32 bits per heavy atom. The third kappa shape index (κ3) is 2.85. The Morgan fingerprint density at radius 3 is 3.00 bits per heavy atom. The average Bonchev–Trinajstić information content (AvgIpc) is 2.41. The predicted molar refractivity (Wildman–Crippen MR) is 68.4 cm³/mol. The molecule has 1 heterocycles. The van der Waals surface area contributed by atoms with E-state index in [1.54, 1.807) is 23.1 Å². The van der Waals surface area contributed by atoms with Crippen molar-refractivity contribution in [2.45, 2.75) is 6.54 Å². The van der Waals surface area contributed by atoms with Gasteiger partial charge in [-0.05, 0) is 11.6 Å². The van der Waals surface area contributed by atoms with Crippen LogP contribution in [0.4, 0.5) is 5.69 Å². The molecule has 6 heteroatoms. The highest BCUT2D eigenvalue weighted by Crippen LogP contribution is 2.20. The molecule has 1 saturated heterocycles. The molecule has 0 unspecified atom stereocenters. The first-order chi connectivity index (χ1) is 9.13. The molecule has 0 spiro atoms. The van der Waals surface area contributed by atoms with Crippen LogP contribution < -0.4 is 5.73 Å². The Kier molecular flexibility index (Phi) is 4.01. The summed E-state index contributed by atoms with van der Waals surface area (Å²) in [5.74, 6) is -0.585. The van der Waals surface area contributed by atoms with Gasteiger partial charge in [0.1, 0.15) is 6.61 Å². The third-order valence-corrected chi connectivity index (χ3v) is 3.02. The molecule has 1 fully saturated rings. The van der Waals surface area contributed by atoms with Crippen molar-refractivity contribution in [3.8, 4) is 0 Å². The zero-order chi connectivity index (χ0) is 13.8. The molecule has 6 nitrogen and oxygen atoms in total. The number of amides is 1. The van der Waals surface area contributed by atoms with Crippen LogP contribution in [0, 0.1) is 0 Å². The number of ether oxygens (including phenoxy) is 2. The molecule has 1 amide bonds. The fourth-order valence-corrected chi connectivity index (χ4v) is 2.03. The number of nitrogens with two attached hydrogens (primary N) is 1. The molecule has 1 aromatic carbocycles. The fraction of sp³-hybridized carbons (Fsp3) is 0.385. The van der Waals surface area contributed by atoms with Crippen LogP contribution in [0.15, 0.2) is 18.2 Å². The molecule has 1 aliphatic rings. The van der Waals surface area contributed by atoms with E-state index in [-0.39, 0.29) is 12.5 Å². The number of nitrogens with zero attached hydrogens (tertiary/aromatic N) is 1. The number of benzene rings is 1. The molecule has 19 heavy (non-hydrogen) atoms. The second-order valence-corrected chi connectivity index (χ2v) is 4.24. The summed E-state index contributed by atoms with van der Waals surface area (Å²) in [6, 6.07) is 5.16. The van der Waals surface area contributed by atoms with Crippen LogP contribution in [-0.2, 0) is 20.8 Å². The van der Waals surface area contributed by atoms with Crippen LogP contribution in [0.5, 0.6) is 0 Å². The van der Waals surface area contributed by atoms with E-state index < -0.39 is 5.97 Å². The zero-order valence-corrected chi connectivity index (χ0v) is 10.7. The number of nitrogen functional groups attached to an aromatic ring is 1. The van der Waals surface area contributed by atoms with Crippen molar-refractivity contribution in [1.82, 2.24) is 4.90 Å². The summed E-state index contributed by atoms with van der Waals surface area (Å²) in [4.78, 5) is 25.1. The van der Waals surface area contributed by atoms with Gasteiger partial charge in [0.25, 0.3) is 0 Å². The van der Waals surface area contributed by atoms with Crippen molar-refractivity contribution in [1.29, 1.82) is 0 Å². The van der Waals surface area contributed by atoms with Crippen molar-refractivity contribution in [3.63, 3.8) is 0 Å². The second kappa shape index (κ2) is 5.71. The summed E-state index contributed by atoms with van der Waals surface area (Å²) in [7, 11) is 1.30. The van der Waals surface area contributed by atoms with E-state index in [1.165, 1.54) is 7.11 Å². The van der Waals surface area contributed by atoms with Gasteiger partial charge in [0.15, 0.2) is 0 Å². The van der Waals surface area contributed by atoms with Crippen LogP contribution >= 0.6 is 0 Å². The molecule has 1 aliphatic heterocycles. The number of carbonyl (C=O) groups is 2. The Morgan fingerprint density at radius 1 is 1.53 bits per heavy atom. The molecular formula is C13H16N2O4. The van der Waals surface area contributed by atoms with Gasteiger partial charge < -0.3 is 20.1 Å². The van der Waals surface area contributed by atoms with Gasteiger partial charge in [0.2, 0.25) is 5.91 Å². The number of esters is 1. The summed E-state index contributed by atoms with van der Waals surface area (Å²) < 4.78 is 9.79. The van der Waals surface area contributed by atoms with Gasteiger partial charge in [-0.3, -0.25) is 4.79 Å².